The molecule has 1 aliphatic heterocycles. The van der Waals surface area contributed by atoms with Crippen molar-refractivity contribution in [3.63, 3.8) is 0 Å². The maximum atomic E-state index is 5.58. The molecule has 2 unspecified atom stereocenters. The van der Waals surface area contributed by atoms with Gasteiger partial charge in [0.05, 0.1) is 29.7 Å². The van der Waals surface area contributed by atoms with E-state index in [0.29, 0.717) is 19.3 Å². The molecule has 5 heteroatoms. The van der Waals surface area contributed by atoms with Gasteiger partial charge in [-0.3, -0.25) is 0 Å². The zero-order chi connectivity index (χ0) is 11.4. The van der Waals surface area contributed by atoms with Crippen LogP contribution in [0.1, 0.15) is 17.8 Å². The van der Waals surface area contributed by atoms with Crippen LogP contribution in [0.15, 0.2) is 15.9 Å². The van der Waals surface area contributed by atoms with E-state index in [1.54, 1.807) is 11.3 Å². The van der Waals surface area contributed by atoms with Crippen molar-refractivity contribution < 1.29 is 9.47 Å². The summed E-state index contributed by atoms with van der Waals surface area (Å²) in [6, 6.07) is 4.59. The van der Waals surface area contributed by atoms with Crippen molar-refractivity contribution >= 4 is 27.3 Å². The van der Waals surface area contributed by atoms with Gasteiger partial charge in [-0.2, -0.15) is 0 Å². The van der Waals surface area contributed by atoms with Crippen molar-refractivity contribution in [2.45, 2.75) is 19.1 Å². The molecule has 2 rings (SSSR count). The van der Waals surface area contributed by atoms with Gasteiger partial charge in [0.15, 0.2) is 0 Å². The number of hydrogen-bond donors (Lipinski definition) is 1. The fraction of sp³-hybridized carbons (Fsp3) is 0.636. The van der Waals surface area contributed by atoms with Crippen LogP contribution in [-0.2, 0) is 9.47 Å². The van der Waals surface area contributed by atoms with Crippen molar-refractivity contribution in [3.8, 4) is 0 Å². The first kappa shape index (κ1) is 12.5. The van der Waals surface area contributed by atoms with Gasteiger partial charge in [-0.05, 0) is 35.0 Å². The van der Waals surface area contributed by atoms with Gasteiger partial charge in [-0.15, -0.1) is 11.3 Å². The van der Waals surface area contributed by atoms with E-state index in [2.05, 4.69) is 40.3 Å². The van der Waals surface area contributed by atoms with E-state index in [1.807, 2.05) is 0 Å². The number of rotatable bonds is 4. The lowest BCUT2D eigenvalue weighted by molar-refractivity contribution is -0.0869. The van der Waals surface area contributed by atoms with Gasteiger partial charge >= 0.3 is 0 Å². The number of ether oxygens (including phenoxy) is 2. The van der Waals surface area contributed by atoms with Crippen LogP contribution < -0.4 is 5.32 Å². The molecule has 0 saturated carbocycles. The lowest BCUT2D eigenvalue weighted by atomic mass is 10.2. The van der Waals surface area contributed by atoms with Crippen LogP contribution in [0, 0.1) is 0 Å². The molecule has 0 amide bonds. The Morgan fingerprint density at radius 1 is 1.56 bits per heavy atom. The average molecular weight is 306 g/mol. The summed E-state index contributed by atoms with van der Waals surface area (Å²) >= 11 is 5.24. The van der Waals surface area contributed by atoms with Gasteiger partial charge in [0.2, 0.25) is 0 Å². The van der Waals surface area contributed by atoms with Gasteiger partial charge in [-0.25, -0.2) is 0 Å². The van der Waals surface area contributed by atoms with E-state index in [1.165, 1.54) is 8.66 Å². The maximum absolute atomic E-state index is 5.58. The van der Waals surface area contributed by atoms with Crippen LogP contribution >= 0.6 is 27.3 Å². The molecule has 2 heterocycles. The summed E-state index contributed by atoms with van der Waals surface area (Å²) < 4.78 is 12.1. The minimum absolute atomic E-state index is 0.194. The molecule has 3 nitrogen and oxygen atoms in total. The van der Waals surface area contributed by atoms with E-state index in [4.69, 9.17) is 9.47 Å². The normalized spacial score (nSPS) is 23.2. The van der Waals surface area contributed by atoms with Crippen molar-refractivity contribution in [2.75, 3.05) is 26.4 Å². The first-order valence-corrected chi connectivity index (χ1v) is 7.04. The number of halogens is 1. The first-order chi connectivity index (χ1) is 7.75. The van der Waals surface area contributed by atoms with Crippen molar-refractivity contribution in [3.05, 3.63) is 20.8 Å². The Morgan fingerprint density at radius 3 is 3.06 bits per heavy atom. The van der Waals surface area contributed by atoms with Gasteiger partial charge in [-0.1, -0.05) is 0 Å². The molecule has 1 aromatic rings. The van der Waals surface area contributed by atoms with Gasteiger partial charge < -0.3 is 14.8 Å². The summed E-state index contributed by atoms with van der Waals surface area (Å²) in [4.78, 5) is 1.34. The highest BCUT2D eigenvalue weighted by Crippen LogP contribution is 2.26. The molecule has 2 atom stereocenters. The molecule has 0 radical (unpaired) electrons. The Morgan fingerprint density at radius 2 is 2.44 bits per heavy atom. The van der Waals surface area contributed by atoms with Crippen LogP contribution in [-0.4, -0.2) is 32.5 Å². The van der Waals surface area contributed by atoms with Crippen molar-refractivity contribution in [1.29, 1.82) is 0 Å². The van der Waals surface area contributed by atoms with Crippen LogP contribution in [0.2, 0.25) is 0 Å². The highest BCUT2D eigenvalue weighted by Gasteiger charge is 2.16. The highest BCUT2D eigenvalue weighted by molar-refractivity contribution is 9.11. The summed E-state index contributed by atoms with van der Waals surface area (Å²) in [5.74, 6) is 0. The molecule has 1 saturated heterocycles. The predicted octanol–water partition coefficient (Wildman–Crippen LogP) is 2.58. The quantitative estimate of drug-likeness (QED) is 0.927. The van der Waals surface area contributed by atoms with E-state index < -0.39 is 0 Å². The zero-order valence-electron chi connectivity index (χ0n) is 9.24. The first-order valence-electron chi connectivity index (χ1n) is 5.43. The zero-order valence-corrected chi connectivity index (χ0v) is 11.6. The van der Waals surface area contributed by atoms with E-state index >= 15 is 0 Å². The fourth-order valence-electron chi connectivity index (χ4n) is 1.62. The number of hydrogen-bond acceptors (Lipinski definition) is 4. The fourth-order valence-corrected chi connectivity index (χ4v) is 3.07. The number of thiophene rings is 1. The third-order valence-electron chi connectivity index (χ3n) is 2.56. The molecule has 0 bridgehead atoms. The second-order valence-electron chi connectivity index (χ2n) is 3.84. The third-order valence-corrected chi connectivity index (χ3v) is 4.36. The van der Waals surface area contributed by atoms with Crippen LogP contribution in [0.3, 0.4) is 0 Å². The van der Waals surface area contributed by atoms with Crippen molar-refractivity contribution in [2.24, 2.45) is 0 Å². The smallest absolute Gasteiger partial charge is 0.0933 e. The van der Waals surface area contributed by atoms with Crippen molar-refractivity contribution in [1.82, 2.24) is 5.32 Å². The van der Waals surface area contributed by atoms with E-state index in [-0.39, 0.29) is 6.10 Å². The maximum Gasteiger partial charge on any atom is 0.0933 e. The Kier molecular flexibility index (Phi) is 4.79. The summed E-state index contributed by atoms with van der Waals surface area (Å²) in [6.07, 6.45) is 0.194. The second kappa shape index (κ2) is 6.12. The molecule has 1 aromatic heterocycles. The Balaban J connectivity index is 1.76. The summed E-state index contributed by atoms with van der Waals surface area (Å²) in [5, 5.41) is 3.47. The Labute approximate surface area is 108 Å². The summed E-state index contributed by atoms with van der Waals surface area (Å²) in [5.41, 5.74) is 0. The lowest BCUT2D eigenvalue weighted by Gasteiger charge is -2.24. The number of nitrogens with one attached hydrogen (secondary N) is 1. The molecule has 1 aliphatic rings. The average Bonchev–Trinajstić information content (AvgIpc) is 2.74. The molecule has 90 valence electrons. The minimum atomic E-state index is 0.194. The Hall–Kier alpha value is 0.0600. The molecule has 16 heavy (non-hydrogen) atoms. The molecule has 1 N–H and O–H groups in total. The largest absolute Gasteiger partial charge is 0.376 e. The van der Waals surface area contributed by atoms with Gasteiger partial charge in [0, 0.05) is 17.5 Å². The second-order valence-corrected chi connectivity index (χ2v) is 6.33. The van der Waals surface area contributed by atoms with Crippen LogP contribution in [0.4, 0.5) is 0 Å². The molecule has 0 spiro atoms. The summed E-state index contributed by atoms with van der Waals surface area (Å²) in [7, 11) is 0. The van der Waals surface area contributed by atoms with E-state index in [9.17, 15) is 0 Å². The third kappa shape index (κ3) is 3.53. The standard InChI is InChI=1S/C11H16BrNO2S/c1-8(10-2-3-11(12)16-10)13-6-9-7-14-4-5-15-9/h2-3,8-9,13H,4-7H2,1H3. The minimum Gasteiger partial charge on any atom is -0.376 e. The highest BCUT2D eigenvalue weighted by atomic mass is 79.9. The van der Waals surface area contributed by atoms with Gasteiger partial charge in [0.1, 0.15) is 0 Å². The van der Waals surface area contributed by atoms with E-state index in [0.717, 1.165) is 13.2 Å². The Bertz CT molecular complexity index is 326. The molecule has 1 fully saturated rings. The predicted molar refractivity (Wildman–Crippen MR) is 69.0 cm³/mol. The van der Waals surface area contributed by atoms with Gasteiger partial charge in [0.25, 0.3) is 0 Å². The van der Waals surface area contributed by atoms with Crippen LogP contribution in [0.25, 0.3) is 0 Å². The topological polar surface area (TPSA) is 30.5 Å². The molecule has 0 aromatic carbocycles. The van der Waals surface area contributed by atoms with Crippen LogP contribution in [0.5, 0.6) is 0 Å². The molecule has 0 aliphatic carbocycles. The molecular formula is C11H16BrNO2S. The monoisotopic (exact) mass is 305 g/mol. The SMILES string of the molecule is CC(NCC1COCCO1)c1ccc(Br)s1. The summed E-state index contributed by atoms with van der Waals surface area (Å²) in [6.45, 7) is 5.15. The lowest BCUT2D eigenvalue weighted by Crippen LogP contribution is -2.38. The molecular weight excluding hydrogens is 290 g/mol.